The van der Waals surface area contributed by atoms with Gasteiger partial charge in [-0.15, -0.1) is 0 Å². The summed E-state index contributed by atoms with van der Waals surface area (Å²) in [5.74, 6) is -0.0703. The number of amides is 2. The summed E-state index contributed by atoms with van der Waals surface area (Å²) in [6.45, 7) is 2.07. The summed E-state index contributed by atoms with van der Waals surface area (Å²) in [5.41, 5.74) is 0. The Balaban J connectivity index is 3.70. The molecule has 2 atom stereocenters. The number of alkyl halides is 3. The number of halogens is 3. The highest BCUT2D eigenvalue weighted by Crippen LogP contribution is 2.04. The van der Waals surface area contributed by atoms with Crippen molar-refractivity contribution in [2.75, 3.05) is 15.5 Å². The van der Waals surface area contributed by atoms with E-state index in [0.717, 1.165) is 8.86 Å². The normalized spacial score (nSPS) is 14.1. The minimum absolute atomic E-state index is 0.0116. The van der Waals surface area contributed by atoms with Crippen molar-refractivity contribution in [1.29, 1.82) is 0 Å². The molecule has 0 saturated carbocycles. The molecule has 15 heavy (non-hydrogen) atoms. The Morgan fingerprint density at radius 1 is 1.13 bits per heavy atom. The van der Waals surface area contributed by atoms with E-state index in [2.05, 4.69) is 78.4 Å². The van der Waals surface area contributed by atoms with E-state index in [0.29, 0.717) is 0 Å². The predicted octanol–water partition coefficient (Wildman–Crippen LogP) is 1.49. The van der Waals surface area contributed by atoms with Gasteiger partial charge in [0, 0.05) is 14.8 Å². The van der Waals surface area contributed by atoms with Crippen LogP contribution < -0.4 is 10.6 Å². The number of carbonyl (C=O) groups excluding carboxylic acids is 2. The fraction of sp³-hybridized carbons (Fsp3) is 0.750. The molecule has 0 rings (SSSR count). The molecule has 88 valence electrons. The number of hydrogen-bond acceptors (Lipinski definition) is 2. The molecule has 0 aromatic rings. The van der Waals surface area contributed by atoms with E-state index in [4.69, 9.17) is 0 Å². The molecule has 0 bridgehead atoms. The van der Waals surface area contributed by atoms with Gasteiger partial charge in [0.05, 0.1) is 10.6 Å². The molecule has 4 nitrogen and oxygen atoms in total. The maximum atomic E-state index is 11.3. The van der Waals surface area contributed by atoms with Gasteiger partial charge in [0.2, 0.25) is 11.8 Å². The Labute approximate surface area is 131 Å². The highest BCUT2D eigenvalue weighted by molar-refractivity contribution is 14.1. The van der Waals surface area contributed by atoms with E-state index >= 15 is 0 Å². The third-order valence-electron chi connectivity index (χ3n) is 1.62. The Kier molecular flexibility index (Phi) is 9.88. The van der Waals surface area contributed by atoms with E-state index in [-0.39, 0.29) is 28.3 Å². The highest BCUT2D eigenvalue weighted by Gasteiger charge is 2.13. The first-order chi connectivity index (χ1) is 7.02. The lowest BCUT2D eigenvalue weighted by molar-refractivity contribution is -0.124. The Morgan fingerprint density at radius 2 is 1.67 bits per heavy atom. The van der Waals surface area contributed by atoms with Crippen molar-refractivity contribution in [3.8, 4) is 0 Å². The minimum atomic E-state index is -0.0397. The quantitative estimate of drug-likeness (QED) is 0.300. The molecule has 0 radical (unpaired) electrons. The average molecular weight is 550 g/mol. The third kappa shape index (κ3) is 7.13. The maximum absolute atomic E-state index is 11.3. The molecule has 7 heteroatoms. The fourth-order valence-electron chi connectivity index (χ4n) is 0.644. The fourth-order valence-corrected chi connectivity index (χ4v) is 1.66. The first-order valence-corrected chi connectivity index (χ1v) is 8.64. The highest BCUT2D eigenvalue weighted by atomic mass is 127. The van der Waals surface area contributed by atoms with Gasteiger partial charge in [-0.2, -0.15) is 0 Å². The SMILES string of the molecule is CC(CI)C(=O)NCNC(=O)C(I)CI. The molecule has 0 aromatic carbocycles. The van der Waals surface area contributed by atoms with Crippen LogP contribution in [0.3, 0.4) is 0 Å². The molecule has 0 aliphatic carbocycles. The van der Waals surface area contributed by atoms with Crippen LogP contribution in [0, 0.1) is 5.92 Å². The van der Waals surface area contributed by atoms with Crippen molar-refractivity contribution in [2.45, 2.75) is 10.8 Å². The Hall–Kier alpha value is 1.13. The minimum Gasteiger partial charge on any atom is -0.338 e. The van der Waals surface area contributed by atoms with Gasteiger partial charge < -0.3 is 10.6 Å². The van der Waals surface area contributed by atoms with Gasteiger partial charge >= 0.3 is 0 Å². The number of carbonyl (C=O) groups is 2. The van der Waals surface area contributed by atoms with Gasteiger partial charge in [-0.25, -0.2) is 0 Å². The smallest absolute Gasteiger partial charge is 0.235 e. The number of nitrogens with one attached hydrogen (secondary N) is 2. The summed E-state index contributed by atoms with van der Waals surface area (Å²) in [7, 11) is 0. The summed E-state index contributed by atoms with van der Waals surface area (Å²) in [4.78, 5) is 22.6. The molecule has 2 N–H and O–H groups in total. The first kappa shape index (κ1) is 16.1. The van der Waals surface area contributed by atoms with E-state index in [1.165, 1.54) is 0 Å². The molecular formula is C8H13I3N2O2. The van der Waals surface area contributed by atoms with Crippen LogP contribution in [0.4, 0.5) is 0 Å². The van der Waals surface area contributed by atoms with Crippen LogP contribution in [0.5, 0.6) is 0 Å². The van der Waals surface area contributed by atoms with Gasteiger partial charge in [0.15, 0.2) is 0 Å². The van der Waals surface area contributed by atoms with Crippen molar-refractivity contribution in [2.24, 2.45) is 5.92 Å². The van der Waals surface area contributed by atoms with Crippen molar-refractivity contribution in [3.63, 3.8) is 0 Å². The summed E-state index contributed by atoms with van der Waals surface area (Å²) >= 11 is 6.39. The molecule has 0 aromatic heterocycles. The van der Waals surface area contributed by atoms with Gasteiger partial charge in [-0.1, -0.05) is 74.7 Å². The third-order valence-corrected chi connectivity index (χ3v) is 6.52. The van der Waals surface area contributed by atoms with Crippen LogP contribution in [-0.4, -0.2) is 31.3 Å². The topological polar surface area (TPSA) is 58.2 Å². The van der Waals surface area contributed by atoms with Crippen molar-refractivity contribution >= 4 is 79.6 Å². The van der Waals surface area contributed by atoms with E-state index in [9.17, 15) is 9.59 Å². The predicted molar refractivity (Wildman–Crippen MR) is 85.9 cm³/mol. The Bertz CT molecular complexity index is 204. The van der Waals surface area contributed by atoms with Crippen LogP contribution in [0.2, 0.25) is 0 Å². The molecular weight excluding hydrogens is 537 g/mol. The van der Waals surface area contributed by atoms with Crippen LogP contribution >= 0.6 is 67.8 Å². The molecule has 0 saturated heterocycles. The summed E-state index contributed by atoms with van der Waals surface area (Å²) in [6.07, 6.45) is 0. The lowest BCUT2D eigenvalue weighted by atomic mass is 10.2. The number of hydrogen-bond donors (Lipinski definition) is 2. The largest absolute Gasteiger partial charge is 0.338 e. The lowest BCUT2D eigenvalue weighted by Gasteiger charge is -2.11. The van der Waals surface area contributed by atoms with E-state index < -0.39 is 0 Å². The van der Waals surface area contributed by atoms with Crippen molar-refractivity contribution < 1.29 is 9.59 Å². The second-order valence-corrected chi connectivity index (χ2v) is 6.20. The zero-order valence-electron chi connectivity index (χ0n) is 8.23. The van der Waals surface area contributed by atoms with Crippen molar-refractivity contribution in [1.82, 2.24) is 10.6 Å². The van der Waals surface area contributed by atoms with Crippen LogP contribution in [-0.2, 0) is 9.59 Å². The second kappa shape index (κ2) is 9.19. The molecule has 0 fully saturated rings. The van der Waals surface area contributed by atoms with Crippen LogP contribution in [0.25, 0.3) is 0 Å². The standard InChI is InChI=1S/C8H13I3N2O2/c1-5(2-9)7(14)12-4-13-8(15)6(11)3-10/h5-6H,2-4H2,1H3,(H,12,14)(H,13,15). The summed E-state index contributed by atoms with van der Waals surface area (Å²) in [5, 5.41) is 5.32. The maximum Gasteiger partial charge on any atom is 0.235 e. The van der Waals surface area contributed by atoms with Gasteiger partial charge in [-0.3, -0.25) is 9.59 Å². The molecule has 0 spiro atoms. The number of rotatable bonds is 6. The molecule has 0 aliphatic heterocycles. The average Bonchev–Trinajstić information content (AvgIpc) is 2.26. The summed E-state index contributed by atoms with van der Waals surface area (Å²) in [6, 6.07) is 0. The summed E-state index contributed by atoms with van der Waals surface area (Å²) < 4.78 is 1.50. The van der Waals surface area contributed by atoms with Crippen molar-refractivity contribution in [3.05, 3.63) is 0 Å². The molecule has 2 unspecified atom stereocenters. The lowest BCUT2D eigenvalue weighted by Crippen LogP contribution is -2.42. The van der Waals surface area contributed by atoms with Crippen LogP contribution in [0.15, 0.2) is 0 Å². The zero-order valence-corrected chi connectivity index (χ0v) is 14.7. The van der Waals surface area contributed by atoms with Gasteiger partial charge in [-0.05, 0) is 0 Å². The zero-order chi connectivity index (χ0) is 11.8. The monoisotopic (exact) mass is 550 g/mol. The molecule has 0 heterocycles. The first-order valence-electron chi connectivity index (χ1n) is 4.34. The molecule has 2 amide bonds. The van der Waals surface area contributed by atoms with E-state index in [1.54, 1.807) is 0 Å². The second-order valence-electron chi connectivity index (χ2n) is 2.94. The van der Waals surface area contributed by atoms with Crippen LogP contribution in [0.1, 0.15) is 6.92 Å². The van der Waals surface area contributed by atoms with E-state index in [1.807, 2.05) is 6.92 Å². The molecule has 0 aliphatic rings. The van der Waals surface area contributed by atoms with Gasteiger partial charge in [0.25, 0.3) is 0 Å². The van der Waals surface area contributed by atoms with Gasteiger partial charge in [0.1, 0.15) is 0 Å². The Morgan fingerprint density at radius 3 is 2.13 bits per heavy atom.